The number of nitrogens with one attached hydrogen (secondary N) is 1. The van der Waals surface area contributed by atoms with Gasteiger partial charge in [0.1, 0.15) is 5.01 Å². The van der Waals surface area contributed by atoms with Gasteiger partial charge in [-0.3, -0.25) is 0 Å². The monoisotopic (exact) mass is 252 g/mol. The van der Waals surface area contributed by atoms with E-state index in [4.69, 9.17) is 11.6 Å². The van der Waals surface area contributed by atoms with Gasteiger partial charge in [0.15, 0.2) is 0 Å². The van der Waals surface area contributed by atoms with Crippen LogP contribution in [-0.4, -0.2) is 11.5 Å². The van der Waals surface area contributed by atoms with Crippen molar-refractivity contribution in [2.45, 2.75) is 13.5 Å². The van der Waals surface area contributed by atoms with Crippen LogP contribution in [0.4, 0.5) is 0 Å². The summed E-state index contributed by atoms with van der Waals surface area (Å²) < 4.78 is 0. The van der Waals surface area contributed by atoms with Gasteiger partial charge in [-0.1, -0.05) is 36.7 Å². The molecule has 1 aromatic heterocycles. The molecule has 0 aliphatic carbocycles. The molecule has 0 radical (unpaired) electrons. The Labute approximate surface area is 104 Å². The minimum Gasteiger partial charge on any atom is -0.311 e. The molecular formula is C12H13ClN2S. The number of halogens is 1. The van der Waals surface area contributed by atoms with Crippen LogP contribution in [0.25, 0.3) is 11.3 Å². The maximum atomic E-state index is 6.12. The Bertz CT molecular complexity index is 468. The summed E-state index contributed by atoms with van der Waals surface area (Å²) in [7, 11) is 0. The summed E-state index contributed by atoms with van der Waals surface area (Å²) >= 11 is 7.78. The third-order valence-corrected chi connectivity index (χ3v) is 3.41. The van der Waals surface area contributed by atoms with Gasteiger partial charge in [-0.05, 0) is 12.6 Å². The molecule has 0 aliphatic heterocycles. The first kappa shape index (κ1) is 11.6. The van der Waals surface area contributed by atoms with Crippen molar-refractivity contribution in [3.63, 3.8) is 0 Å². The van der Waals surface area contributed by atoms with Crippen molar-refractivity contribution in [1.29, 1.82) is 0 Å². The summed E-state index contributed by atoms with van der Waals surface area (Å²) in [6.45, 7) is 3.87. The van der Waals surface area contributed by atoms with Crippen molar-refractivity contribution in [2.24, 2.45) is 0 Å². The van der Waals surface area contributed by atoms with Crippen molar-refractivity contribution < 1.29 is 0 Å². The maximum Gasteiger partial charge on any atom is 0.107 e. The van der Waals surface area contributed by atoms with Crippen LogP contribution in [0, 0.1) is 0 Å². The number of thiazole rings is 1. The average Bonchev–Trinajstić information content (AvgIpc) is 2.75. The highest BCUT2D eigenvalue weighted by atomic mass is 35.5. The minimum atomic E-state index is 0.753. The van der Waals surface area contributed by atoms with Gasteiger partial charge in [-0.2, -0.15) is 0 Å². The van der Waals surface area contributed by atoms with Crippen LogP contribution in [-0.2, 0) is 6.54 Å². The van der Waals surface area contributed by atoms with Gasteiger partial charge in [0.2, 0.25) is 0 Å². The Kier molecular flexibility index (Phi) is 3.93. The van der Waals surface area contributed by atoms with Crippen molar-refractivity contribution in [3.8, 4) is 11.3 Å². The second-order valence-electron chi connectivity index (χ2n) is 3.39. The lowest BCUT2D eigenvalue weighted by atomic mass is 10.2. The second kappa shape index (κ2) is 5.43. The molecule has 0 unspecified atom stereocenters. The zero-order chi connectivity index (χ0) is 11.4. The first-order valence-electron chi connectivity index (χ1n) is 5.21. The van der Waals surface area contributed by atoms with E-state index in [0.29, 0.717) is 0 Å². The summed E-state index contributed by atoms with van der Waals surface area (Å²) in [4.78, 5) is 4.55. The van der Waals surface area contributed by atoms with Crippen LogP contribution in [0.3, 0.4) is 0 Å². The van der Waals surface area contributed by atoms with E-state index < -0.39 is 0 Å². The van der Waals surface area contributed by atoms with Gasteiger partial charge in [-0.15, -0.1) is 11.3 Å². The van der Waals surface area contributed by atoms with E-state index in [0.717, 1.165) is 34.4 Å². The van der Waals surface area contributed by atoms with Crippen molar-refractivity contribution in [1.82, 2.24) is 10.3 Å². The lowest BCUT2D eigenvalue weighted by Crippen LogP contribution is -2.11. The van der Waals surface area contributed by atoms with E-state index in [1.165, 1.54) is 0 Å². The van der Waals surface area contributed by atoms with Crippen LogP contribution in [0.15, 0.2) is 29.6 Å². The molecule has 2 rings (SSSR count). The first-order chi connectivity index (χ1) is 7.81. The van der Waals surface area contributed by atoms with E-state index in [1.807, 2.05) is 29.6 Å². The quantitative estimate of drug-likeness (QED) is 0.900. The summed E-state index contributed by atoms with van der Waals surface area (Å²) in [6.07, 6.45) is 0. The summed E-state index contributed by atoms with van der Waals surface area (Å²) in [6, 6.07) is 7.79. The Morgan fingerprint density at radius 1 is 1.38 bits per heavy atom. The highest BCUT2D eigenvalue weighted by Gasteiger charge is 2.06. The Morgan fingerprint density at radius 2 is 2.19 bits per heavy atom. The predicted octanol–water partition coefficient (Wildman–Crippen LogP) is 3.57. The van der Waals surface area contributed by atoms with Crippen LogP contribution < -0.4 is 5.32 Å². The normalized spacial score (nSPS) is 10.6. The molecule has 1 N–H and O–H groups in total. The number of aromatic nitrogens is 1. The highest BCUT2D eigenvalue weighted by molar-refractivity contribution is 7.09. The van der Waals surface area contributed by atoms with Gasteiger partial charge >= 0.3 is 0 Å². The average molecular weight is 253 g/mol. The fraction of sp³-hybridized carbons (Fsp3) is 0.250. The molecule has 0 bridgehead atoms. The van der Waals surface area contributed by atoms with Crippen LogP contribution >= 0.6 is 22.9 Å². The smallest absolute Gasteiger partial charge is 0.107 e. The SMILES string of the molecule is CCNCc1nc(-c2ccccc2Cl)cs1. The van der Waals surface area contributed by atoms with Crippen LogP contribution in [0.1, 0.15) is 11.9 Å². The minimum absolute atomic E-state index is 0.753. The number of nitrogens with zero attached hydrogens (tertiary/aromatic N) is 1. The molecule has 0 amide bonds. The van der Waals surface area contributed by atoms with Gasteiger partial charge in [-0.25, -0.2) is 4.98 Å². The van der Waals surface area contributed by atoms with Crippen molar-refractivity contribution in [2.75, 3.05) is 6.54 Å². The summed E-state index contributed by atoms with van der Waals surface area (Å²) in [5.41, 5.74) is 1.96. The third kappa shape index (κ3) is 2.61. The molecule has 0 saturated carbocycles. The third-order valence-electron chi connectivity index (χ3n) is 2.23. The molecule has 0 fully saturated rings. The first-order valence-corrected chi connectivity index (χ1v) is 6.47. The number of hydrogen-bond donors (Lipinski definition) is 1. The molecule has 1 aromatic carbocycles. The van der Waals surface area contributed by atoms with Crippen molar-refractivity contribution in [3.05, 3.63) is 39.7 Å². The lowest BCUT2D eigenvalue weighted by molar-refractivity contribution is 0.723. The molecule has 2 nitrogen and oxygen atoms in total. The molecule has 2 aromatic rings. The topological polar surface area (TPSA) is 24.9 Å². The van der Waals surface area contributed by atoms with Crippen molar-refractivity contribution >= 4 is 22.9 Å². The molecule has 84 valence electrons. The fourth-order valence-corrected chi connectivity index (χ4v) is 2.41. The van der Waals surface area contributed by atoms with E-state index >= 15 is 0 Å². The van der Waals surface area contributed by atoms with E-state index in [-0.39, 0.29) is 0 Å². The lowest BCUT2D eigenvalue weighted by Gasteiger charge is -1.99. The van der Waals surface area contributed by atoms with Gasteiger partial charge in [0, 0.05) is 22.5 Å². The Balaban J connectivity index is 2.22. The predicted molar refractivity (Wildman–Crippen MR) is 69.9 cm³/mol. The van der Waals surface area contributed by atoms with Gasteiger partial charge in [0.25, 0.3) is 0 Å². The standard InChI is InChI=1S/C12H13ClN2S/c1-2-14-7-12-15-11(8-16-12)9-5-3-4-6-10(9)13/h3-6,8,14H,2,7H2,1H3. The second-order valence-corrected chi connectivity index (χ2v) is 4.74. The Hall–Kier alpha value is -0.900. The summed E-state index contributed by atoms with van der Waals surface area (Å²) in [5, 5.41) is 7.16. The van der Waals surface area contributed by atoms with Gasteiger partial charge < -0.3 is 5.32 Å². The molecular weight excluding hydrogens is 240 g/mol. The largest absolute Gasteiger partial charge is 0.311 e. The Morgan fingerprint density at radius 3 is 2.94 bits per heavy atom. The molecule has 0 atom stereocenters. The maximum absolute atomic E-state index is 6.12. The zero-order valence-corrected chi connectivity index (χ0v) is 10.6. The summed E-state index contributed by atoms with van der Waals surface area (Å²) in [5.74, 6) is 0. The van der Waals surface area contributed by atoms with E-state index in [9.17, 15) is 0 Å². The van der Waals surface area contributed by atoms with E-state index in [2.05, 4.69) is 17.2 Å². The van der Waals surface area contributed by atoms with Crippen LogP contribution in [0.5, 0.6) is 0 Å². The number of rotatable bonds is 4. The fourth-order valence-electron chi connectivity index (χ4n) is 1.42. The highest BCUT2D eigenvalue weighted by Crippen LogP contribution is 2.28. The molecule has 0 spiro atoms. The molecule has 16 heavy (non-hydrogen) atoms. The number of benzene rings is 1. The van der Waals surface area contributed by atoms with Gasteiger partial charge in [0.05, 0.1) is 5.69 Å². The molecule has 0 aliphatic rings. The van der Waals surface area contributed by atoms with E-state index in [1.54, 1.807) is 11.3 Å². The zero-order valence-electron chi connectivity index (χ0n) is 9.03. The molecule has 0 saturated heterocycles. The van der Waals surface area contributed by atoms with Crippen LogP contribution in [0.2, 0.25) is 5.02 Å². The number of hydrogen-bond acceptors (Lipinski definition) is 3. The molecule has 1 heterocycles. The molecule has 4 heteroatoms.